The van der Waals surface area contributed by atoms with Crippen LogP contribution in [-0.4, -0.2) is 27.9 Å². The highest BCUT2D eigenvalue weighted by atomic mass is 32.2. The lowest BCUT2D eigenvalue weighted by atomic mass is 10.0. The first-order valence-electron chi connectivity index (χ1n) is 10.8. The summed E-state index contributed by atoms with van der Waals surface area (Å²) >= 11 is 0. The predicted octanol–water partition coefficient (Wildman–Crippen LogP) is 5.28. The first-order chi connectivity index (χ1) is 16.7. The number of carboxylic acids is 1. The van der Waals surface area contributed by atoms with Gasteiger partial charge in [0.1, 0.15) is 0 Å². The highest BCUT2D eigenvalue weighted by Gasteiger charge is 2.28. The molecule has 0 aliphatic carbocycles. The number of benzene rings is 4. The van der Waals surface area contributed by atoms with E-state index in [1.165, 1.54) is 54.6 Å². The number of carbonyl (C=O) groups is 1. The van der Waals surface area contributed by atoms with Gasteiger partial charge in [0.2, 0.25) is 19.7 Å². The van der Waals surface area contributed by atoms with E-state index >= 15 is 0 Å². The van der Waals surface area contributed by atoms with Crippen LogP contribution in [0.3, 0.4) is 0 Å². The Labute approximate surface area is 204 Å². The number of aromatic carboxylic acids is 1. The smallest absolute Gasteiger partial charge is 0.335 e. The molecule has 0 unspecified atom stereocenters. The Balaban J connectivity index is 2.04. The average molecular weight is 507 g/mol. The quantitative estimate of drug-likeness (QED) is 0.366. The van der Waals surface area contributed by atoms with Crippen LogP contribution in [0.5, 0.6) is 0 Å². The van der Waals surface area contributed by atoms with Crippen LogP contribution in [0, 0.1) is 0 Å². The van der Waals surface area contributed by atoms with E-state index in [-0.39, 0.29) is 25.1 Å². The van der Waals surface area contributed by atoms with Gasteiger partial charge in [-0.15, -0.1) is 0 Å². The summed E-state index contributed by atoms with van der Waals surface area (Å²) in [5.41, 5.74) is 1.27. The van der Waals surface area contributed by atoms with E-state index < -0.39 is 25.6 Å². The fourth-order valence-electron chi connectivity index (χ4n) is 3.83. The molecule has 0 atom stereocenters. The van der Waals surface area contributed by atoms with E-state index in [0.29, 0.717) is 23.1 Å². The molecule has 35 heavy (non-hydrogen) atoms. The zero-order chi connectivity index (χ0) is 25.2. The van der Waals surface area contributed by atoms with Crippen molar-refractivity contribution in [3.8, 4) is 11.1 Å². The zero-order valence-corrected chi connectivity index (χ0v) is 20.4. The van der Waals surface area contributed by atoms with Crippen LogP contribution in [0.15, 0.2) is 117 Å². The SMILES string of the molecule is CCc1cc(-c2ccc(C(=O)O)cc2)c(S(=O)(=O)c2ccccc2)cc1S(=O)(=O)c1ccccc1. The van der Waals surface area contributed by atoms with Crippen molar-refractivity contribution < 1.29 is 26.7 Å². The molecule has 0 aliphatic heterocycles. The van der Waals surface area contributed by atoms with Crippen molar-refractivity contribution in [1.29, 1.82) is 0 Å². The van der Waals surface area contributed by atoms with Gasteiger partial charge >= 0.3 is 5.97 Å². The number of hydrogen-bond donors (Lipinski definition) is 1. The van der Waals surface area contributed by atoms with Gasteiger partial charge in [-0.1, -0.05) is 55.5 Å². The molecule has 8 heteroatoms. The highest BCUT2D eigenvalue weighted by Crippen LogP contribution is 2.37. The molecule has 6 nitrogen and oxygen atoms in total. The molecule has 0 spiro atoms. The highest BCUT2D eigenvalue weighted by molar-refractivity contribution is 7.92. The summed E-state index contributed by atoms with van der Waals surface area (Å²) in [6, 6.07) is 24.3. The third kappa shape index (κ3) is 4.62. The van der Waals surface area contributed by atoms with Gasteiger partial charge in [-0.2, -0.15) is 0 Å². The maximum Gasteiger partial charge on any atom is 0.335 e. The Morgan fingerprint density at radius 3 is 1.63 bits per heavy atom. The minimum Gasteiger partial charge on any atom is -0.478 e. The second-order valence-electron chi connectivity index (χ2n) is 7.83. The van der Waals surface area contributed by atoms with Gasteiger partial charge in [0.15, 0.2) is 0 Å². The van der Waals surface area contributed by atoms with Crippen molar-refractivity contribution in [2.75, 3.05) is 0 Å². The molecular weight excluding hydrogens is 484 g/mol. The Bertz CT molecular complexity index is 1590. The Kier molecular flexibility index (Phi) is 6.60. The molecule has 178 valence electrons. The van der Waals surface area contributed by atoms with E-state index in [4.69, 9.17) is 0 Å². The lowest BCUT2D eigenvalue weighted by molar-refractivity contribution is 0.0697. The van der Waals surface area contributed by atoms with Crippen LogP contribution in [0.25, 0.3) is 11.1 Å². The molecule has 4 rings (SSSR count). The standard InChI is InChI=1S/C27H22O6S2/c1-2-19-17-24(20-13-15-21(16-14-20)27(28)29)26(35(32,33)23-11-7-4-8-12-23)18-25(19)34(30,31)22-9-5-3-6-10-22/h3-18H,2H2,1H3,(H,28,29). The van der Waals surface area contributed by atoms with Crippen LogP contribution in [-0.2, 0) is 26.1 Å². The van der Waals surface area contributed by atoms with E-state index in [9.17, 15) is 26.7 Å². The maximum atomic E-state index is 13.7. The van der Waals surface area contributed by atoms with E-state index in [0.717, 1.165) is 0 Å². The minimum atomic E-state index is -4.11. The van der Waals surface area contributed by atoms with Gasteiger partial charge < -0.3 is 5.11 Å². The molecule has 0 aliphatic rings. The Morgan fingerprint density at radius 2 is 1.17 bits per heavy atom. The number of rotatable bonds is 7. The number of sulfone groups is 2. The second-order valence-corrected chi connectivity index (χ2v) is 11.7. The van der Waals surface area contributed by atoms with Gasteiger partial charge in [-0.05, 0) is 66.1 Å². The molecule has 0 saturated heterocycles. The van der Waals surface area contributed by atoms with Gasteiger partial charge in [0, 0.05) is 5.56 Å². The maximum absolute atomic E-state index is 13.7. The molecule has 4 aromatic rings. The number of hydrogen-bond acceptors (Lipinski definition) is 5. The summed E-state index contributed by atoms with van der Waals surface area (Å²) in [7, 11) is -8.12. The Hall–Kier alpha value is -3.75. The normalized spacial score (nSPS) is 11.8. The third-order valence-corrected chi connectivity index (χ3v) is 9.33. The molecule has 0 radical (unpaired) electrons. The van der Waals surface area contributed by atoms with Crippen molar-refractivity contribution >= 4 is 25.6 Å². The van der Waals surface area contributed by atoms with Gasteiger partial charge in [-0.25, -0.2) is 21.6 Å². The van der Waals surface area contributed by atoms with E-state index in [1.807, 2.05) is 0 Å². The summed E-state index contributed by atoms with van der Waals surface area (Å²) in [6.45, 7) is 1.79. The lowest BCUT2D eigenvalue weighted by Crippen LogP contribution is -2.11. The van der Waals surface area contributed by atoms with Crippen LogP contribution < -0.4 is 0 Å². The summed E-state index contributed by atoms with van der Waals surface area (Å²) < 4.78 is 54.5. The Morgan fingerprint density at radius 1 is 0.686 bits per heavy atom. The monoisotopic (exact) mass is 506 g/mol. The molecule has 0 bridgehead atoms. The van der Waals surface area contributed by atoms with Gasteiger partial charge in [0.05, 0.1) is 25.1 Å². The van der Waals surface area contributed by atoms with Crippen LogP contribution in [0.2, 0.25) is 0 Å². The second kappa shape index (κ2) is 9.48. The van der Waals surface area contributed by atoms with Crippen LogP contribution in [0.1, 0.15) is 22.8 Å². The minimum absolute atomic E-state index is 0.0238. The predicted molar refractivity (Wildman–Crippen MR) is 132 cm³/mol. The molecule has 4 aromatic carbocycles. The van der Waals surface area contributed by atoms with Gasteiger partial charge in [0.25, 0.3) is 0 Å². The first kappa shape index (κ1) is 24.4. The average Bonchev–Trinajstić information content (AvgIpc) is 2.89. The van der Waals surface area contributed by atoms with E-state index in [2.05, 4.69) is 0 Å². The van der Waals surface area contributed by atoms with Crippen molar-refractivity contribution in [1.82, 2.24) is 0 Å². The van der Waals surface area contributed by atoms with Crippen molar-refractivity contribution in [2.45, 2.75) is 32.9 Å². The van der Waals surface area contributed by atoms with Crippen molar-refractivity contribution in [3.05, 3.63) is 108 Å². The zero-order valence-electron chi connectivity index (χ0n) is 18.7. The summed E-state index contributed by atoms with van der Waals surface area (Å²) in [6.07, 6.45) is 0.341. The number of carboxylic acid groups (broad SMARTS) is 1. The molecule has 0 fully saturated rings. The lowest BCUT2D eigenvalue weighted by Gasteiger charge is -2.17. The molecular formula is C27H22O6S2. The molecule has 0 amide bonds. The number of aryl methyl sites for hydroxylation is 1. The van der Waals surface area contributed by atoms with Crippen LogP contribution >= 0.6 is 0 Å². The third-order valence-electron chi connectivity index (χ3n) is 5.67. The van der Waals surface area contributed by atoms with E-state index in [1.54, 1.807) is 49.4 Å². The molecule has 0 saturated carbocycles. The summed E-state index contributed by atoms with van der Waals surface area (Å²) in [5.74, 6) is -1.10. The van der Waals surface area contributed by atoms with Gasteiger partial charge in [-0.3, -0.25) is 0 Å². The van der Waals surface area contributed by atoms with Crippen molar-refractivity contribution in [2.24, 2.45) is 0 Å². The molecule has 0 aromatic heterocycles. The largest absolute Gasteiger partial charge is 0.478 e. The summed E-state index contributed by atoms with van der Waals surface area (Å²) in [5, 5.41) is 9.23. The van der Waals surface area contributed by atoms with Crippen LogP contribution in [0.4, 0.5) is 0 Å². The summed E-state index contributed by atoms with van der Waals surface area (Å²) in [4.78, 5) is 11.1. The molecule has 0 heterocycles. The topological polar surface area (TPSA) is 106 Å². The van der Waals surface area contributed by atoms with Crippen molar-refractivity contribution in [3.63, 3.8) is 0 Å². The molecule has 1 N–H and O–H groups in total. The fraction of sp³-hybridized carbons (Fsp3) is 0.0741. The fourth-order valence-corrected chi connectivity index (χ4v) is 7.00. The first-order valence-corrected chi connectivity index (χ1v) is 13.7.